The molecule has 1 unspecified atom stereocenters. The predicted octanol–water partition coefficient (Wildman–Crippen LogP) is 4.98. The van der Waals surface area contributed by atoms with Crippen LogP contribution in [-0.4, -0.2) is 5.88 Å². The fourth-order valence-electron chi connectivity index (χ4n) is 2.19. The molecule has 0 bridgehead atoms. The summed E-state index contributed by atoms with van der Waals surface area (Å²) in [5.41, 5.74) is 2.40. The fourth-order valence-corrected chi connectivity index (χ4v) is 2.34. The van der Waals surface area contributed by atoms with Gasteiger partial charge in [-0.1, -0.05) is 42.5 Å². The Morgan fingerprint density at radius 2 is 1.50 bits per heavy atom. The summed E-state index contributed by atoms with van der Waals surface area (Å²) < 4.78 is 13.0. The lowest BCUT2D eigenvalue weighted by molar-refractivity contribution is 0.624. The normalized spacial score (nSPS) is 12.3. The number of rotatable bonds is 5. The standard InChI is InChI=1S/C16H16ClF/c17-12-4-7-16(13-5-2-1-3-6-13)14-8-10-15(18)11-9-14/h1-3,5-6,8-11,16H,4,7,12H2. The van der Waals surface area contributed by atoms with Gasteiger partial charge in [-0.15, -0.1) is 11.6 Å². The van der Waals surface area contributed by atoms with E-state index in [2.05, 4.69) is 12.1 Å². The van der Waals surface area contributed by atoms with Crippen LogP contribution < -0.4 is 0 Å². The van der Waals surface area contributed by atoms with E-state index in [1.165, 1.54) is 17.7 Å². The van der Waals surface area contributed by atoms with Crippen molar-refractivity contribution in [3.63, 3.8) is 0 Å². The Balaban J connectivity index is 2.27. The Hall–Kier alpha value is -1.34. The topological polar surface area (TPSA) is 0 Å². The van der Waals surface area contributed by atoms with Crippen LogP contribution in [0.1, 0.15) is 29.9 Å². The second-order valence-corrected chi connectivity index (χ2v) is 4.72. The summed E-state index contributed by atoms with van der Waals surface area (Å²) in [6, 6.07) is 17.1. The average Bonchev–Trinajstić information content (AvgIpc) is 2.42. The lowest BCUT2D eigenvalue weighted by atomic mass is 9.88. The van der Waals surface area contributed by atoms with Gasteiger partial charge in [0.15, 0.2) is 0 Å². The molecule has 0 radical (unpaired) electrons. The molecule has 2 aromatic carbocycles. The van der Waals surface area contributed by atoms with Crippen LogP contribution in [0.5, 0.6) is 0 Å². The number of halogens is 2. The van der Waals surface area contributed by atoms with Crippen LogP contribution in [0.2, 0.25) is 0 Å². The molecule has 0 aromatic heterocycles. The lowest BCUT2D eigenvalue weighted by Gasteiger charge is -2.17. The molecule has 0 spiro atoms. The van der Waals surface area contributed by atoms with Gasteiger partial charge in [0.05, 0.1) is 0 Å². The number of hydrogen-bond donors (Lipinski definition) is 0. The zero-order chi connectivity index (χ0) is 12.8. The molecule has 0 aliphatic heterocycles. The van der Waals surface area contributed by atoms with Crippen molar-refractivity contribution in [2.75, 3.05) is 5.88 Å². The van der Waals surface area contributed by atoms with Crippen molar-refractivity contribution in [2.24, 2.45) is 0 Å². The van der Waals surface area contributed by atoms with Gasteiger partial charge < -0.3 is 0 Å². The van der Waals surface area contributed by atoms with Gasteiger partial charge in [-0.25, -0.2) is 4.39 Å². The highest BCUT2D eigenvalue weighted by atomic mass is 35.5. The Morgan fingerprint density at radius 3 is 2.11 bits per heavy atom. The second kappa shape index (κ2) is 6.55. The highest BCUT2D eigenvalue weighted by Crippen LogP contribution is 2.29. The highest BCUT2D eigenvalue weighted by Gasteiger charge is 2.13. The molecule has 1 atom stereocenters. The van der Waals surface area contributed by atoms with Crippen molar-refractivity contribution in [3.8, 4) is 0 Å². The molecule has 0 N–H and O–H groups in total. The molecular weight excluding hydrogens is 247 g/mol. The number of alkyl halides is 1. The van der Waals surface area contributed by atoms with Gasteiger partial charge in [0, 0.05) is 11.8 Å². The van der Waals surface area contributed by atoms with E-state index in [0.717, 1.165) is 18.4 Å². The quantitative estimate of drug-likeness (QED) is 0.667. The molecule has 0 amide bonds. The highest BCUT2D eigenvalue weighted by molar-refractivity contribution is 6.17. The first-order valence-corrected chi connectivity index (χ1v) is 6.71. The van der Waals surface area contributed by atoms with Crippen molar-refractivity contribution in [1.29, 1.82) is 0 Å². The summed E-state index contributed by atoms with van der Waals surface area (Å²) in [5, 5.41) is 0. The van der Waals surface area contributed by atoms with E-state index < -0.39 is 0 Å². The van der Waals surface area contributed by atoms with Gasteiger partial charge in [-0.05, 0) is 36.1 Å². The molecule has 94 valence electrons. The van der Waals surface area contributed by atoms with Crippen LogP contribution in [-0.2, 0) is 0 Å². The predicted molar refractivity (Wildman–Crippen MR) is 74.6 cm³/mol. The molecule has 0 aliphatic carbocycles. The van der Waals surface area contributed by atoms with Crippen molar-refractivity contribution in [1.82, 2.24) is 0 Å². The summed E-state index contributed by atoms with van der Waals surface area (Å²) in [4.78, 5) is 0. The van der Waals surface area contributed by atoms with Gasteiger partial charge in [-0.2, -0.15) is 0 Å². The van der Waals surface area contributed by atoms with E-state index >= 15 is 0 Å². The first kappa shape index (κ1) is 13.1. The smallest absolute Gasteiger partial charge is 0.123 e. The lowest BCUT2D eigenvalue weighted by Crippen LogP contribution is -2.01. The van der Waals surface area contributed by atoms with Crippen molar-refractivity contribution >= 4 is 11.6 Å². The molecular formula is C16H16ClF. The molecule has 0 aliphatic rings. The number of hydrogen-bond acceptors (Lipinski definition) is 0. The van der Waals surface area contributed by atoms with E-state index in [0.29, 0.717) is 11.8 Å². The molecule has 0 nitrogen and oxygen atoms in total. The first-order chi connectivity index (χ1) is 8.81. The Morgan fingerprint density at radius 1 is 0.889 bits per heavy atom. The van der Waals surface area contributed by atoms with Crippen molar-refractivity contribution in [2.45, 2.75) is 18.8 Å². The summed E-state index contributed by atoms with van der Waals surface area (Å²) in [7, 11) is 0. The summed E-state index contributed by atoms with van der Waals surface area (Å²) in [5.74, 6) is 0.762. The van der Waals surface area contributed by atoms with Crippen molar-refractivity contribution in [3.05, 3.63) is 71.5 Å². The second-order valence-electron chi connectivity index (χ2n) is 4.35. The third-order valence-electron chi connectivity index (χ3n) is 3.10. The van der Waals surface area contributed by atoms with Gasteiger partial charge in [0.2, 0.25) is 0 Å². The monoisotopic (exact) mass is 262 g/mol. The first-order valence-electron chi connectivity index (χ1n) is 6.17. The summed E-state index contributed by atoms with van der Waals surface area (Å²) in [6.45, 7) is 0. The molecule has 2 rings (SSSR count). The van der Waals surface area contributed by atoms with E-state index in [-0.39, 0.29) is 5.82 Å². The summed E-state index contributed by atoms with van der Waals surface area (Å²) in [6.07, 6.45) is 1.94. The maximum atomic E-state index is 13.0. The van der Waals surface area contributed by atoms with E-state index in [1.54, 1.807) is 0 Å². The maximum Gasteiger partial charge on any atom is 0.123 e. The van der Waals surface area contributed by atoms with Gasteiger partial charge in [0.1, 0.15) is 5.82 Å². The Kier molecular flexibility index (Phi) is 4.77. The van der Waals surface area contributed by atoms with E-state index in [9.17, 15) is 4.39 Å². The molecule has 2 aromatic rings. The molecule has 0 fully saturated rings. The molecule has 0 heterocycles. The number of benzene rings is 2. The zero-order valence-corrected chi connectivity index (χ0v) is 10.9. The average molecular weight is 263 g/mol. The maximum absolute atomic E-state index is 13.0. The third kappa shape index (κ3) is 3.33. The zero-order valence-electron chi connectivity index (χ0n) is 10.2. The molecule has 2 heteroatoms. The fraction of sp³-hybridized carbons (Fsp3) is 0.250. The molecule has 0 saturated carbocycles. The van der Waals surface area contributed by atoms with Gasteiger partial charge >= 0.3 is 0 Å². The van der Waals surface area contributed by atoms with Crippen LogP contribution in [0.3, 0.4) is 0 Å². The van der Waals surface area contributed by atoms with Gasteiger partial charge in [0.25, 0.3) is 0 Å². The minimum atomic E-state index is -0.192. The minimum Gasteiger partial charge on any atom is -0.207 e. The largest absolute Gasteiger partial charge is 0.207 e. The Bertz CT molecular complexity index is 464. The van der Waals surface area contributed by atoms with E-state index in [1.807, 2.05) is 30.3 Å². The van der Waals surface area contributed by atoms with Gasteiger partial charge in [-0.3, -0.25) is 0 Å². The van der Waals surface area contributed by atoms with Crippen LogP contribution in [0, 0.1) is 5.82 Å². The third-order valence-corrected chi connectivity index (χ3v) is 3.37. The van der Waals surface area contributed by atoms with Crippen molar-refractivity contribution < 1.29 is 4.39 Å². The van der Waals surface area contributed by atoms with E-state index in [4.69, 9.17) is 11.6 Å². The van der Waals surface area contributed by atoms with Crippen LogP contribution in [0.15, 0.2) is 54.6 Å². The van der Waals surface area contributed by atoms with Crippen LogP contribution >= 0.6 is 11.6 Å². The SMILES string of the molecule is Fc1ccc(C(CCCCl)c2ccccc2)cc1. The minimum absolute atomic E-state index is 0.192. The molecule has 0 saturated heterocycles. The molecule has 18 heavy (non-hydrogen) atoms. The summed E-state index contributed by atoms with van der Waals surface area (Å²) >= 11 is 5.79. The van der Waals surface area contributed by atoms with Crippen LogP contribution in [0.25, 0.3) is 0 Å². The Labute approximate surface area is 112 Å². The van der Waals surface area contributed by atoms with Crippen LogP contribution in [0.4, 0.5) is 4.39 Å².